The molecule has 1 aromatic carbocycles. The average molecular weight is 310 g/mol. The van der Waals surface area contributed by atoms with E-state index in [9.17, 15) is 5.11 Å². The molecule has 2 aliphatic rings. The third-order valence-corrected chi connectivity index (χ3v) is 6.13. The number of hydrogen-bond acceptors (Lipinski definition) is 2. The molecule has 23 heavy (non-hydrogen) atoms. The van der Waals surface area contributed by atoms with E-state index in [-0.39, 0.29) is 11.6 Å². The van der Waals surface area contributed by atoms with Crippen LogP contribution in [0.15, 0.2) is 42.6 Å². The predicted molar refractivity (Wildman–Crippen MR) is 94.4 cm³/mol. The van der Waals surface area contributed by atoms with Crippen LogP contribution in [0.3, 0.4) is 0 Å². The van der Waals surface area contributed by atoms with Crippen LogP contribution in [0.5, 0.6) is 0 Å². The van der Waals surface area contributed by atoms with Gasteiger partial charge in [0.2, 0.25) is 0 Å². The minimum atomic E-state index is -0.342. The zero-order chi connectivity index (χ0) is 16.2. The summed E-state index contributed by atoms with van der Waals surface area (Å²) in [5.74, 6) is 0.887. The number of H-pyrrole nitrogens is 1. The van der Waals surface area contributed by atoms with Crippen molar-refractivity contribution >= 4 is 10.9 Å². The Labute approximate surface area is 137 Å². The first-order chi connectivity index (χ1) is 11.0. The predicted octanol–water partition coefficient (Wildman–Crippen LogP) is 3.40. The van der Waals surface area contributed by atoms with Gasteiger partial charge in [0, 0.05) is 28.7 Å². The van der Waals surface area contributed by atoms with Crippen LogP contribution < -0.4 is 5.32 Å². The van der Waals surface area contributed by atoms with Gasteiger partial charge in [-0.3, -0.25) is 0 Å². The molecule has 2 fully saturated rings. The molecular weight excluding hydrogens is 284 g/mol. The average Bonchev–Trinajstić information content (AvgIpc) is 2.91. The number of benzene rings is 1. The molecular formula is C20H26N2O. The quantitative estimate of drug-likeness (QED) is 0.745. The largest absolute Gasteiger partial charge is 0.389 e. The van der Waals surface area contributed by atoms with Gasteiger partial charge in [-0.2, -0.15) is 0 Å². The molecule has 1 aliphatic carbocycles. The number of aromatic amines is 1. The molecule has 3 nitrogen and oxygen atoms in total. The van der Waals surface area contributed by atoms with Crippen molar-refractivity contribution in [2.24, 2.45) is 11.8 Å². The highest BCUT2D eigenvalue weighted by Crippen LogP contribution is 2.45. The summed E-state index contributed by atoms with van der Waals surface area (Å²) in [6.07, 6.45) is 4.74. The van der Waals surface area contributed by atoms with Crippen molar-refractivity contribution in [2.45, 2.75) is 50.8 Å². The summed E-state index contributed by atoms with van der Waals surface area (Å²) >= 11 is 0. The monoisotopic (exact) mass is 310 g/mol. The number of piperidine rings is 1. The lowest BCUT2D eigenvalue weighted by Gasteiger charge is -2.53. The molecule has 2 bridgehead atoms. The minimum Gasteiger partial charge on any atom is -0.389 e. The highest BCUT2D eigenvalue weighted by molar-refractivity contribution is 5.83. The number of para-hydroxylation sites is 1. The zero-order valence-electron chi connectivity index (χ0n) is 14.0. The molecule has 3 N–H and O–H groups in total. The standard InChI is InChI=1S/C20H26N2O/c1-12-16-9-14(10-19(12)23)20(2,3)22-18(16)8-13-11-21-17-7-5-4-6-15(13)17/h4-7,11,14,16,18-19,21-23H,1,8-10H2,2-3H3/t14-,16+,18-,19-/m1/s1. The molecule has 4 rings (SSSR count). The van der Waals surface area contributed by atoms with E-state index in [0.29, 0.717) is 17.9 Å². The second-order valence-corrected chi connectivity index (χ2v) is 7.90. The summed E-state index contributed by atoms with van der Waals surface area (Å²) in [4.78, 5) is 3.37. The summed E-state index contributed by atoms with van der Waals surface area (Å²) in [6.45, 7) is 8.76. The van der Waals surface area contributed by atoms with Crippen LogP contribution in [0.25, 0.3) is 10.9 Å². The lowest BCUT2D eigenvalue weighted by Crippen LogP contribution is -2.62. The molecule has 1 aliphatic heterocycles. The van der Waals surface area contributed by atoms with E-state index in [1.54, 1.807) is 0 Å². The van der Waals surface area contributed by atoms with E-state index in [2.05, 4.69) is 61.2 Å². The summed E-state index contributed by atoms with van der Waals surface area (Å²) in [5, 5.41) is 15.6. The fraction of sp³-hybridized carbons (Fsp3) is 0.500. The van der Waals surface area contributed by atoms with Gasteiger partial charge in [0.25, 0.3) is 0 Å². The fourth-order valence-corrected chi connectivity index (χ4v) is 4.66. The van der Waals surface area contributed by atoms with Crippen LogP contribution in [0.1, 0.15) is 32.3 Å². The molecule has 1 saturated carbocycles. The van der Waals surface area contributed by atoms with Gasteiger partial charge in [-0.1, -0.05) is 24.8 Å². The van der Waals surface area contributed by atoms with E-state index in [4.69, 9.17) is 0 Å². The summed E-state index contributed by atoms with van der Waals surface area (Å²) in [6, 6.07) is 8.80. The Hall–Kier alpha value is -1.58. The maximum absolute atomic E-state index is 10.4. The fourth-order valence-electron chi connectivity index (χ4n) is 4.66. The van der Waals surface area contributed by atoms with E-state index >= 15 is 0 Å². The smallest absolute Gasteiger partial charge is 0.0754 e. The normalized spacial score (nSPS) is 33.1. The van der Waals surface area contributed by atoms with Gasteiger partial charge >= 0.3 is 0 Å². The molecule has 122 valence electrons. The van der Waals surface area contributed by atoms with Gasteiger partial charge in [0.15, 0.2) is 0 Å². The molecule has 3 heteroatoms. The maximum atomic E-state index is 10.4. The van der Waals surface area contributed by atoms with E-state index in [0.717, 1.165) is 24.8 Å². The van der Waals surface area contributed by atoms with Gasteiger partial charge in [-0.25, -0.2) is 0 Å². The van der Waals surface area contributed by atoms with Gasteiger partial charge in [-0.15, -0.1) is 0 Å². The molecule has 0 amide bonds. The Morgan fingerprint density at radius 1 is 1.26 bits per heavy atom. The molecule has 1 saturated heterocycles. The van der Waals surface area contributed by atoms with Crippen molar-refractivity contribution in [3.8, 4) is 0 Å². The molecule has 2 aromatic rings. The topological polar surface area (TPSA) is 48.0 Å². The number of aliphatic hydroxyl groups is 1. The highest BCUT2D eigenvalue weighted by Gasteiger charge is 2.47. The summed E-state index contributed by atoms with van der Waals surface area (Å²) < 4.78 is 0. The van der Waals surface area contributed by atoms with Crippen LogP contribution in [0, 0.1) is 11.8 Å². The third kappa shape index (κ3) is 2.43. The lowest BCUT2D eigenvalue weighted by molar-refractivity contribution is 0.0290. The van der Waals surface area contributed by atoms with Crippen molar-refractivity contribution < 1.29 is 5.11 Å². The highest BCUT2D eigenvalue weighted by atomic mass is 16.3. The molecule has 0 unspecified atom stereocenters. The number of hydrogen-bond donors (Lipinski definition) is 3. The SMILES string of the molecule is C=C1[C@H](O)C[C@H]2C[C@@H]1[C@@H](Cc1c[nH]c3ccccc13)NC2(C)C. The third-order valence-electron chi connectivity index (χ3n) is 6.13. The maximum Gasteiger partial charge on any atom is 0.0754 e. The van der Waals surface area contributed by atoms with E-state index < -0.39 is 0 Å². The van der Waals surface area contributed by atoms with Crippen molar-refractivity contribution in [2.75, 3.05) is 0 Å². The number of aromatic nitrogens is 1. The zero-order valence-corrected chi connectivity index (χ0v) is 14.0. The number of fused-ring (bicyclic) bond motifs is 3. The molecule has 0 spiro atoms. The first-order valence-corrected chi connectivity index (χ1v) is 8.65. The Morgan fingerprint density at radius 3 is 2.87 bits per heavy atom. The first-order valence-electron chi connectivity index (χ1n) is 8.65. The number of nitrogens with one attached hydrogen (secondary N) is 2. The van der Waals surface area contributed by atoms with Crippen molar-refractivity contribution in [1.82, 2.24) is 10.3 Å². The summed E-state index contributed by atoms with van der Waals surface area (Å²) in [5.41, 5.74) is 3.63. The van der Waals surface area contributed by atoms with Crippen LogP contribution in [-0.4, -0.2) is 27.8 Å². The van der Waals surface area contributed by atoms with Gasteiger partial charge in [0.1, 0.15) is 0 Å². The molecule has 4 atom stereocenters. The van der Waals surface area contributed by atoms with Gasteiger partial charge in [0.05, 0.1) is 6.10 Å². The Morgan fingerprint density at radius 2 is 2.04 bits per heavy atom. The Kier molecular flexibility index (Phi) is 3.40. The lowest BCUT2D eigenvalue weighted by atomic mass is 9.63. The van der Waals surface area contributed by atoms with Crippen LogP contribution in [0.4, 0.5) is 0 Å². The van der Waals surface area contributed by atoms with Crippen LogP contribution in [0.2, 0.25) is 0 Å². The number of rotatable bonds is 2. The van der Waals surface area contributed by atoms with E-state index in [1.165, 1.54) is 16.5 Å². The molecule has 0 radical (unpaired) electrons. The number of aliphatic hydroxyl groups excluding tert-OH is 1. The van der Waals surface area contributed by atoms with Crippen LogP contribution >= 0.6 is 0 Å². The summed E-state index contributed by atoms with van der Waals surface area (Å²) in [7, 11) is 0. The van der Waals surface area contributed by atoms with Crippen molar-refractivity contribution in [1.29, 1.82) is 0 Å². The van der Waals surface area contributed by atoms with Gasteiger partial charge < -0.3 is 15.4 Å². The molecule has 1 aromatic heterocycles. The minimum absolute atomic E-state index is 0.0644. The van der Waals surface area contributed by atoms with Gasteiger partial charge in [-0.05, 0) is 62.1 Å². The van der Waals surface area contributed by atoms with Crippen molar-refractivity contribution in [3.05, 3.63) is 48.2 Å². The molecule has 2 heterocycles. The Balaban J connectivity index is 1.66. The Bertz CT molecular complexity index is 745. The second kappa shape index (κ2) is 5.22. The first kappa shape index (κ1) is 15.0. The van der Waals surface area contributed by atoms with Crippen molar-refractivity contribution in [3.63, 3.8) is 0 Å². The van der Waals surface area contributed by atoms with E-state index in [1.807, 2.05) is 0 Å². The second-order valence-electron chi connectivity index (χ2n) is 7.90. The van der Waals surface area contributed by atoms with Crippen LogP contribution in [-0.2, 0) is 6.42 Å².